The molecule has 0 aliphatic heterocycles. The lowest BCUT2D eigenvalue weighted by molar-refractivity contribution is 0.356. The van der Waals surface area contributed by atoms with E-state index in [0.29, 0.717) is 23.5 Å². The fourth-order valence-corrected chi connectivity index (χ4v) is 3.84. The van der Waals surface area contributed by atoms with Gasteiger partial charge in [-0.25, -0.2) is 4.98 Å². The molecule has 1 aliphatic rings. The number of rotatable bonds is 10. The monoisotopic (exact) mass is 386 g/mol. The Hall–Kier alpha value is -2.24. The Morgan fingerprint density at radius 1 is 0.964 bits per heavy atom. The lowest BCUT2D eigenvalue weighted by Gasteiger charge is -2.24. The number of nitrogens with zero attached hydrogens (tertiary/aromatic N) is 2. The normalized spacial score (nSPS) is 14.8. The van der Waals surface area contributed by atoms with Gasteiger partial charge in [0, 0.05) is 24.0 Å². The first-order valence-corrected chi connectivity index (χ1v) is 10.7. The van der Waals surface area contributed by atoms with Crippen molar-refractivity contribution in [2.45, 2.75) is 70.8 Å². The highest BCUT2D eigenvalue weighted by Gasteiger charge is 2.18. The molecular formula is C22H34N4O2. The molecule has 0 amide bonds. The Morgan fingerprint density at radius 3 is 2.43 bits per heavy atom. The van der Waals surface area contributed by atoms with Gasteiger partial charge in [0.1, 0.15) is 5.82 Å². The number of aromatic nitrogens is 2. The van der Waals surface area contributed by atoms with Crippen LogP contribution in [-0.2, 0) is 0 Å². The summed E-state index contributed by atoms with van der Waals surface area (Å²) < 4.78 is 11.0. The van der Waals surface area contributed by atoms with Crippen LogP contribution in [0.25, 0.3) is 10.9 Å². The number of nitrogens with one attached hydrogen (secondary N) is 2. The minimum Gasteiger partial charge on any atom is -0.493 e. The van der Waals surface area contributed by atoms with Gasteiger partial charge in [0.15, 0.2) is 11.5 Å². The second-order valence-corrected chi connectivity index (χ2v) is 7.59. The third-order valence-corrected chi connectivity index (χ3v) is 5.46. The zero-order valence-electron chi connectivity index (χ0n) is 17.5. The molecule has 1 saturated carbocycles. The molecule has 0 saturated heterocycles. The SMILES string of the molecule is CCCCCCNc1nc(NC2CCCCC2)c2cc(OC)c(OC)cc2n1. The summed E-state index contributed by atoms with van der Waals surface area (Å²) in [5.74, 6) is 2.94. The number of unbranched alkanes of at least 4 members (excludes halogenated alkanes) is 3. The molecule has 1 aromatic carbocycles. The number of ether oxygens (including phenoxy) is 2. The molecule has 2 aromatic rings. The van der Waals surface area contributed by atoms with Gasteiger partial charge in [0.25, 0.3) is 0 Å². The molecule has 0 radical (unpaired) electrons. The average molecular weight is 387 g/mol. The van der Waals surface area contributed by atoms with E-state index in [-0.39, 0.29) is 0 Å². The van der Waals surface area contributed by atoms with Gasteiger partial charge in [0.2, 0.25) is 5.95 Å². The topological polar surface area (TPSA) is 68.3 Å². The Bertz CT molecular complexity index is 760. The number of fused-ring (bicyclic) bond motifs is 1. The van der Waals surface area contributed by atoms with Crippen molar-refractivity contribution in [2.24, 2.45) is 0 Å². The highest BCUT2D eigenvalue weighted by atomic mass is 16.5. The fourth-order valence-electron chi connectivity index (χ4n) is 3.84. The number of benzene rings is 1. The summed E-state index contributed by atoms with van der Waals surface area (Å²) in [4.78, 5) is 9.55. The van der Waals surface area contributed by atoms with Crippen molar-refractivity contribution in [1.82, 2.24) is 9.97 Å². The molecule has 1 aliphatic carbocycles. The number of hydrogen-bond donors (Lipinski definition) is 2. The van der Waals surface area contributed by atoms with Crippen LogP contribution in [-0.4, -0.2) is 36.8 Å². The van der Waals surface area contributed by atoms with Crippen LogP contribution in [0.2, 0.25) is 0 Å². The van der Waals surface area contributed by atoms with Crippen LogP contribution in [0, 0.1) is 0 Å². The molecule has 1 aromatic heterocycles. The number of anilines is 2. The molecule has 0 spiro atoms. The predicted octanol–water partition coefficient (Wildman–Crippen LogP) is 5.38. The maximum absolute atomic E-state index is 5.50. The maximum Gasteiger partial charge on any atom is 0.225 e. The predicted molar refractivity (Wildman–Crippen MR) is 116 cm³/mol. The van der Waals surface area contributed by atoms with Crippen molar-refractivity contribution >= 4 is 22.7 Å². The number of hydrogen-bond acceptors (Lipinski definition) is 6. The smallest absolute Gasteiger partial charge is 0.225 e. The van der Waals surface area contributed by atoms with Crippen LogP contribution in [0.5, 0.6) is 11.5 Å². The van der Waals surface area contributed by atoms with Crippen LogP contribution in [0.4, 0.5) is 11.8 Å². The van der Waals surface area contributed by atoms with Crippen molar-refractivity contribution < 1.29 is 9.47 Å². The van der Waals surface area contributed by atoms with Crippen molar-refractivity contribution in [1.29, 1.82) is 0 Å². The van der Waals surface area contributed by atoms with Gasteiger partial charge in [-0.3, -0.25) is 0 Å². The van der Waals surface area contributed by atoms with Crippen molar-refractivity contribution in [3.8, 4) is 11.5 Å². The standard InChI is InChI=1S/C22H34N4O2/c1-4-5-6-10-13-23-22-25-18-15-20(28-3)19(27-2)14-17(18)21(26-22)24-16-11-8-7-9-12-16/h14-16H,4-13H2,1-3H3,(H2,23,24,25,26). The van der Waals surface area contributed by atoms with Gasteiger partial charge in [-0.05, 0) is 25.3 Å². The van der Waals surface area contributed by atoms with E-state index < -0.39 is 0 Å². The first-order chi connectivity index (χ1) is 13.7. The average Bonchev–Trinajstić information content (AvgIpc) is 2.73. The summed E-state index contributed by atoms with van der Waals surface area (Å²) in [7, 11) is 3.31. The quantitative estimate of drug-likeness (QED) is 0.534. The first kappa shape index (κ1) is 20.5. The lowest BCUT2D eigenvalue weighted by Crippen LogP contribution is -2.23. The Kier molecular flexibility index (Phi) is 7.57. The van der Waals surface area contributed by atoms with Crippen LogP contribution >= 0.6 is 0 Å². The van der Waals surface area contributed by atoms with E-state index in [1.165, 1.54) is 51.4 Å². The minimum atomic E-state index is 0.470. The summed E-state index contributed by atoms with van der Waals surface area (Å²) in [6.45, 7) is 3.12. The Balaban J connectivity index is 1.88. The first-order valence-electron chi connectivity index (χ1n) is 10.7. The minimum absolute atomic E-state index is 0.470. The van der Waals surface area contributed by atoms with Crippen LogP contribution in [0.15, 0.2) is 12.1 Å². The second kappa shape index (κ2) is 10.3. The number of methoxy groups -OCH3 is 2. The summed E-state index contributed by atoms with van der Waals surface area (Å²) in [5, 5.41) is 8.05. The van der Waals surface area contributed by atoms with Gasteiger partial charge in [-0.2, -0.15) is 4.98 Å². The third-order valence-electron chi connectivity index (χ3n) is 5.46. The molecule has 1 heterocycles. The molecule has 6 heteroatoms. The summed E-state index contributed by atoms with van der Waals surface area (Å²) in [6, 6.07) is 4.38. The molecule has 0 unspecified atom stereocenters. The van der Waals surface area contributed by atoms with Gasteiger partial charge in [0.05, 0.1) is 19.7 Å². The van der Waals surface area contributed by atoms with Gasteiger partial charge in [-0.1, -0.05) is 45.4 Å². The lowest BCUT2D eigenvalue weighted by atomic mass is 9.95. The second-order valence-electron chi connectivity index (χ2n) is 7.59. The molecular weight excluding hydrogens is 352 g/mol. The van der Waals surface area contributed by atoms with Crippen LogP contribution in [0.1, 0.15) is 64.7 Å². The molecule has 0 bridgehead atoms. The fraction of sp³-hybridized carbons (Fsp3) is 0.636. The van der Waals surface area contributed by atoms with Gasteiger partial charge >= 0.3 is 0 Å². The zero-order valence-corrected chi connectivity index (χ0v) is 17.5. The maximum atomic E-state index is 5.50. The van der Waals surface area contributed by atoms with Crippen LogP contribution < -0.4 is 20.1 Å². The third kappa shape index (κ3) is 5.18. The van der Waals surface area contributed by atoms with E-state index in [9.17, 15) is 0 Å². The molecule has 1 fully saturated rings. The van der Waals surface area contributed by atoms with E-state index in [4.69, 9.17) is 19.4 Å². The van der Waals surface area contributed by atoms with Crippen molar-refractivity contribution in [2.75, 3.05) is 31.4 Å². The molecule has 2 N–H and O–H groups in total. The summed E-state index contributed by atoms with van der Waals surface area (Å²) in [5.41, 5.74) is 0.863. The Morgan fingerprint density at radius 2 is 1.71 bits per heavy atom. The molecule has 3 rings (SSSR count). The highest BCUT2D eigenvalue weighted by Crippen LogP contribution is 2.35. The summed E-state index contributed by atoms with van der Waals surface area (Å²) >= 11 is 0. The Labute approximate surface area is 168 Å². The van der Waals surface area contributed by atoms with E-state index in [0.717, 1.165) is 29.7 Å². The van der Waals surface area contributed by atoms with E-state index >= 15 is 0 Å². The molecule has 0 atom stereocenters. The molecule has 28 heavy (non-hydrogen) atoms. The van der Waals surface area contributed by atoms with Gasteiger partial charge in [-0.15, -0.1) is 0 Å². The van der Waals surface area contributed by atoms with E-state index in [1.807, 2.05) is 12.1 Å². The van der Waals surface area contributed by atoms with Gasteiger partial charge < -0.3 is 20.1 Å². The molecule has 154 valence electrons. The zero-order chi connectivity index (χ0) is 19.8. The van der Waals surface area contributed by atoms with Crippen LogP contribution in [0.3, 0.4) is 0 Å². The van der Waals surface area contributed by atoms with E-state index in [1.54, 1.807) is 14.2 Å². The van der Waals surface area contributed by atoms with E-state index in [2.05, 4.69) is 17.6 Å². The largest absolute Gasteiger partial charge is 0.493 e. The van der Waals surface area contributed by atoms with Crippen molar-refractivity contribution in [3.05, 3.63) is 12.1 Å². The van der Waals surface area contributed by atoms with Crippen molar-refractivity contribution in [3.63, 3.8) is 0 Å². The molecule has 6 nitrogen and oxygen atoms in total. The highest BCUT2D eigenvalue weighted by molar-refractivity contribution is 5.92. The summed E-state index contributed by atoms with van der Waals surface area (Å²) in [6.07, 6.45) is 11.1.